The molecule has 2 aromatic rings. The van der Waals surface area contributed by atoms with Crippen molar-refractivity contribution in [2.24, 2.45) is 0 Å². The van der Waals surface area contributed by atoms with Crippen LogP contribution in [0.1, 0.15) is 21.5 Å². The van der Waals surface area contributed by atoms with E-state index in [0.717, 1.165) is 24.0 Å². The molecular weight excluding hydrogens is 256 g/mol. The summed E-state index contributed by atoms with van der Waals surface area (Å²) >= 11 is 0. The molecule has 102 valence electrons. The molecule has 2 aromatic carbocycles. The smallest absolute Gasteiger partial charge is 0.335 e. The number of carbonyl (C=O) groups excluding carboxylic acids is 1. The Hall–Kier alpha value is -2.62. The van der Waals surface area contributed by atoms with Crippen LogP contribution in [0, 0.1) is 0 Å². The third-order valence-corrected chi connectivity index (χ3v) is 2.96. The fraction of sp³-hybridized carbons (Fsp3) is 0.125. The number of rotatable bonds is 6. The molecule has 0 heterocycles. The zero-order valence-electron chi connectivity index (χ0n) is 10.8. The lowest BCUT2D eigenvalue weighted by molar-refractivity contribution is -0.120. The van der Waals surface area contributed by atoms with E-state index in [2.05, 4.69) is 0 Å². The molecule has 0 saturated heterocycles. The average Bonchev–Trinajstić information content (AvgIpc) is 2.46. The normalized spacial score (nSPS) is 10.0. The molecule has 4 heteroatoms. The molecule has 1 N–H and O–H groups in total. The van der Waals surface area contributed by atoms with Crippen molar-refractivity contribution < 1.29 is 19.4 Å². The zero-order valence-corrected chi connectivity index (χ0v) is 10.8. The number of aromatic carboxylic acids is 1. The van der Waals surface area contributed by atoms with Crippen molar-refractivity contribution in [3.63, 3.8) is 0 Å². The van der Waals surface area contributed by atoms with E-state index in [4.69, 9.17) is 9.84 Å². The minimum Gasteiger partial charge on any atom is -0.478 e. The van der Waals surface area contributed by atoms with Crippen molar-refractivity contribution >= 4 is 12.4 Å². The van der Waals surface area contributed by atoms with E-state index in [-0.39, 0.29) is 0 Å². The Bertz CT molecular complexity index is 619. The number of aryl methyl sites for hydroxylation is 2. The van der Waals surface area contributed by atoms with Crippen LogP contribution in [-0.4, -0.2) is 17.5 Å². The maximum atomic E-state index is 10.9. The second-order valence-electron chi connectivity index (χ2n) is 4.37. The summed E-state index contributed by atoms with van der Waals surface area (Å²) in [7, 11) is 0. The number of hydrogen-bond donors (Lipinski definition) is 1. The molecule has 0 bridgehead atoms. The van der Waals surface area contributed by atoms with Gasteiger partial charge < -0.3 is 9.84 Å². The number of carboxylic acids is 1. The third kappa shape index (κ3) is 3.68. The van der Waals surface area contributed by atoms with Gasteiger partial charge in [-0.15, -0.1) is 0 Å². The Morgan fingerprint density at radius 2 is 1.70 bits per heavy atom. The molecule has 0 atom stereocenters. The molecule has 20 heavy (non-hydrogen) atoms. The fourth-order valence-electron chi connectivity index (χ4n) is 1.98. The van der Waals surface area contributed by atoms with Crippen LogP contribution in [0.3, 0.4) is 0 Å². The van der Waals surface area contributed by atoms with Crippen LogP contribution in [0.5, 0.6) is 5.75 Å². The summed E-state index contributed by atoms with van der Waals surface area (Å²) in [6.45, 7) is 0.398. The Labute approximate surface area is 116 Å². The predicted octanol–water partition coefficient (Wildman–Crippen LogP) is 2.71. The second-order valence-corrected chi connectivity index (χ2v) is 4.37. The highest BCUT2D eigenvalue weighted by atomic mass is 16.5. The lowest BCUT2D eigenvalue weighted by Crippen LogP contribution is -1.98. The van der Waals surface area contributed by atoms with Crippen LogP contribution in [0.2, 0.25) is 0 Å². The molecule has 0 amide bonds. The van der Waals surface area contributed by atoms with Crippen LogP contribution in [0.15, 0.2) is 48.5 Å². The van der Waals surface area contributed by atoms with E-state index in [9.17, 15) is 9.59 Å². The quantitative estimate of drug-likeness (QED) is 0.820. The van der Waals surface area contributed by atoms with Crippen molar-refractivity contribution in [2.75, 3.05) is 0 Å². The summed E-state index contributed by atoms with van der Waals surface area (Å²) in [5, 5.41) is 8.94. The van der Waals surface area contributed by atoms with Crippen LogP contribution in [-0.2, 0) is 17.6 Å². The number of benzene rings is 2. The average molecular weight is 270 g/mol. The molecular formula is C16H14O4. The largest absolute Gasteiger partial charge is 0.478 e. The van der Waals surface area contributed by atoms with Crippen molar-refractivity contribution in [2.45, 2.75) is 12.8 Å². The van der Waals surface area contributed by atoms with Crippen molar-refractivity contribution in [1.29, 1.82) is 0 Å². The van der Waals surface area contributed by atoms with Crippen molar-refractivity contribution in [1.82, 2.24) is 0 Å². The Kier molecular flexibility index (Phi) is 4.50. The Morgan fingerprint density at radius 3 is 2.35 bits per heavy atom. The summed E-state index contributed by atoms with van der Waals surface area (Å²) < 4.78 is 4.79. The minimum atomic E-state index is -0.923. The van der Waals surface area contributed by atoms with E-state index in [1.165, 1.54) is 0 Å². The highest BCUT2D eigenvalue weighted by Crippen LogP contribution is 2.15. The minimum absolute atomic E-state index is 0.292. The summed E-state index contributed by atoms with van der Waals surface area (Å²) in [4.78, 5) is 21.2. The number of ether oxygens (including phenoxy) is 1. The first-order chi connectivity index (χ1) is 9.69. The molecule has 0 saturated carbocycles. The van der Waals surface area contributed by atoms with Gasteiger partial charge in [0.1, 0.15) is 5.75 Å². The Balaban J connectivity index is 2.04. The molecule has 0 unspecified atom stereocenters. The van der Waals surface area contributed by atoms with Gasteiger partial charge in [-0.05, 0) is 48.2 Å². The van der Waals surface area contributed by atoms with E-state index in [1.54, 1.807) is 30.3 Å². The van der Waals surface area contributed by atoms with Gasteiger partial charge in [0.05, 0.1) is 5.56 Å². The first-order valence-corrected chi connectivity index (χ1v) is 6.20. The summed E-state index contributed by atoms with van der Waals surface area (Å²) in [6, 6.07) is 14.2. The third-order valence-electron chi connectivity index (χ3n) is 2.96. The van der Waals surface area contributed by atoms with Gasteiger partial charge in [-0.3, -0.25) is 4.79 Å². The number of carboxylic acid groups (broad SMARTS) is 1. The van der Waals surface area contributed by atoms with Crippen LogP contribution in [0.25, 0.3) is 0 Å². The zero-order chi connectivity index (χ0) is 14.4. The SMILES string of the molecule is O=COc1cccc(CCc2cccc(C(=O)O)c2)c1. The molecule has 0 aliphatic carbocycles. The highest BCUT2D eigenvalue weighted by molar-refractivity contribution is 5.87. The van der Waals surface area contributed by atoms with E-state index >= 15 is 0 Å². The van der Waals surface area contributed by atoms with E-state index < -0.39 is 5.97 Å². The summed E-state index contributed by atoms with van der Waals surface area (Å²) in [5.41, 5.74) is 2.29. The van der Waals surface area contributed by atoms with Gasteiger partial charge in [0.2, 0.25) is 0 Å². The maximum Gasteiger partial charge on any atom is 0.335 e. The van der Waals surface area contributed by atoms with Crippen LogP contribution in [0.4, 0.5) is 0 Å². The maximum absolute atomic E-state index is 10.9. The summed E-state index contributed by atoms with van der Waals surface area (Å²) in [5.74, 6) is -0.412. The van der Waals surface area contributed by atoms with Gasteiger partial charge in [-0.1, -0.05) is 24.3 Å². The lowest BCUT2D eigenvalue weighted by atomic mass is 10.0. The van der Waals surface area contributed by atoms with E-state index in [1.807, 2.05) is 18.2 Å². The summed E-state index contributed by atoms with van der Waals surface area (Å²) in [6.07, 6.45) is 1.48. The fourth-order valence-corrected chi connectivity index (χ4v) is 1.98. The molecule has 0 spiro atoms. The molecule has 0 radical (unpaired) electrons. The van der Waals surface area contributed by atoms with Gasteiger partial charge >= 0.3 is 5.97 Å². The van der Waals surface area contributed by atoms with Crippen molar-refractivity contribution in [3.05, 3.63) is 65.2 Å². The van der Waals surface area contributed by atoms with Gasteiger partial charge in [-0.25, -0.2) is 4.79 Å². The molecule has 4 nitrogen and oxygen atoms in total. The van der Waals surface area contributed by atoms with Crippen molar-refractivity contribution in [3.8, 4) is 5.75 Å². The Morgan fingerprint density at radius 1 is 1.05 bits per heavy atom. The molecule has 0 aliphatic rings. The second kappa shape index (κ2) is 6.52. The molecule has 0 aliphatic heterocycles. The molecule has 0 aromatic heterocycles. The predicted molar refractivity (Wildman–Crippen MR) is 73.9 cm³/mol. The monoisotopic (exact) mass is 270 g/mol. The first-order valence-electron chi connectivity index (χ1n) is 6.20. The van der Waals surface area contributed by atoms with Gasteiger partial charge in [0.15, 0.2) is 0 Å². The topological polar surface area (TPSA) is 63.6 Å². The van der Waals surface area contributed by atoms with Gasteiger partial charge in [0, 0.05) is 0 Å². The first kappa shape index (κ1) is 13.8. The molecule has 0 fully saturated rings. The van der Waals surface area contributed by atoms with Crippen LogP contribution < -0.4 is 4.74 Å². The van der Waals surface area contributed by atoms with Crippen LogP contribution >= 0.6 is 0 Å². The van der Waals surface area contributed by atoms with E-state index in [0.29, 0.717) is 17.8 Å². The standard InChI is InChI=1S/C16H14O4/c17-11-20-15-6-2-4-13(10-15)8-7-12-3-1-5-14(9-12)16(18)19/h1-6,9-11H,7-8H2,(H,18,19). The van der Waals surface area contributed by atoms with Gasteiger partial charge in [-0.2, -0.15) is 0 Å². The molecule has 2 rings (SSSR count). The number of carbonyl (C=O) groups is 2. The van der Waals surface area contributed by atoms with Gasteiger partial charge in [0.25, 0.3) is 6.47 Å². The highest BCUT2D eigenvalue weighted by Gasteiger charge is 2.04. The number of hydrogen-bond acceptors (Lipinski definition) is 3. The lowest BCUT2D eigenvalue weighted by Gasteiger charge is -2.05.